The maximum absolute atomic E-state index is 4.92. The van der Waals surface area contributed by atoms with Crippen LogP contribution in [0.4, 0.5) is 0 Å². The molecule has 0 aliphatic carbocycles. The SMILES string of the molecule is CCCN(CC)CCN=C(NCC)N1CCC(CN2CCCCC2)C1.I. The van der Waals surface area contributed by atoms with Crippen molar-refractivity contribution in [3.8, 4) is 0 Å². The lowest BCUT2D eigenvalue weighted by atomic mass is 10.1. The quantitative estimate of drug-likeness (QED) is 0.313. The number of hydrogen-bond donors (Lipinski definition) is 1. The van der Waals surface area contributed by atoms with Crippen LogP contribution in [0.2, 0.25) is 0 Å². The van der Waals surface area contributed by atoms with Gasteiger partial charge in [0.1, 0.15) is 0 Å². The molecule has 1 N–H and O–H groups in total. The lowest BCUT2D eigenvalue weighted by Crippen LogP contribution is -2.41. The van der Waals surface area contributed by atoms with E-state index in [0.717, 1.165) is 44.6 Å². The van der Waals surface area contributed by atoms with Crippen LogP contribution >= 0.6 is 24.0 Å². The van der Waals surface area contributed by atoms with E-state index in [4.69, 9.17) is 4.99 Å². The van der Waals surface area contributed by atoms with Gasteiger partial charge in [-0.1, -0.05) is 20.3 Å². The van der Waals surface area contributed by atoms with Crippen molar-refractivity contribution >= 4 is 29.9 Å². The van der Waals surface area contributed by atoms with Gasteiger partial charge in [-0.15, -0.1) is 24.0 Å². The number of piperidine rings is 1. The van der Waals surface area contributed by atoms with Crippen molar-refractivity contribution in [1.82, 2.24) is 20.0 Å². The van der Waals surface area contributed by atoms with Gasteiger partial charge in [0.2, 0.25) is 0 Å². The van der Waals surface area contributed by atoms with Crippen molar-refractivity contribution in [2.75, 3.05) is 65.4 Å². The molecular formula is C20H42IN5. The minimum Gasteiger partial charge on any atom is -0.357 e. The molecule has 5 nitrogen and oxygen atoms in total. The van der Waals surface area contributed by atoms with Crippen LogP contribution in [0.25, 0.3) is 0 Å². The van der Waals surface area contributed by atoms with Crippen molar-refractivity contribution in [1.29, 1.82) is 0 Å². The monoisotopic (exact) mass is 479 g/mol. The number of nitrogens with one attached hydrogen (secondary N) is 1. The average Bonchev–Trinajstić information content (AvgIpc) is 3.09. The largest absolute Gasteiger partial charge is 0.357 e. The average molecular weight is 479 g/mol. The molecule has 2 heterocycles. The maximum atomic E-state index is 4.92. The van der Waals surface area contributed by atoms with Crippen LogP contribution in [0, 0.1) is 5.92 Å². The Balaban J connectivity index is 0.00000338. The first-order valence-electron chi connectivity index (χ1n) is 10.7. The van der Waals surface area contributed by atoms with E-state index in [1.807, 2.05) is 0 Å². The molecule has 2 aliphatic heterocycles. The highest BCUT2D eigenvalue weighted by atomic mass is 127. The number of halogens is 1. The van der Waals surface area contributed by atoms with Crippen molar-refractivity contribution in [2.24, 2.45) is 10.9 Å². The molecule has 154 valence electrons. The summed E-state index contributed by atoms with van der Waals surface area (Å²) in [5.41, 5.74) is 0. The molecule has 6 heteroatoms. The highest BCUT2D eigenvalue weighted by Gasteiger charge is 2.26. The van der Waals surface area contributed by atoms with Crippen molar-refractivity contribution in [2.45, 2.75) is 52.9 Å². The Morgan fingerprint density at radius 3 is 2.50 bits per heavy atom. The van der Waals surface area contributed by atoms with Gasteiger partial charge in [0, 0.05) is 32.7 Å². The summed E-state index contributed by atoms with van der Waals surface area (Å²) in [7, 11) is 0. The minimum atomic E-state index is 0. The third kappa shape index (κ3) is 8.30. The Kier molecular flexibility index (Phi) is 12.9. The van der Waals surface area contributed by atoms with Gasteiger partial charge in [0.15, 0.2) is 5.96 Å². The van der Waals surface area contributed by atoms with E-state index in [9.17, 15) is 0 Å². The summed E-state index contributed by atoms with van der Waals surface area (Å²) in [6, 6.07) is 0. The van der Waals surface area contributed by atoms with Gasteiger partial charge < -0.3 is 20.0 Å². The molecule has 2 saturated heterocycles. The second-order valence-electron chi connectivity index (χ2n) is 7.63. The lowest BCUT2D eigenvalue weighted by Gasteiger charge is -2.29. The van der Waals surface area contributed by atoms with Crippen LogP contribution in [0.1, 0.15) is 52.9 Å². The molecule has 2 fully saturated rings. The Morgan fingerprint density at radius 2 is 1.85 bits per heavy atom. The first kappa shape index (κ1) is 24.0. The fourth-order valence-corrected chi connectivity index (χ4v) is 4.15. The molecule has 0 radical (unpaired) electrons. The van der Waals surface area contributed by atoms with E-state index in [0.29, 0.717) is 0 Å². The molecule has 1 unspecified atom stereocenters. The number of nitrogens with zero attached hydrogens (tertiary/aromatic N) is 4. The summed E-state index contributed by atoms with van der Waals surface area (Å²) < 4.78 is 0. The lowest BCUT2D eigenvalue weighted by molar-refractivity contribution is 0.198. The normalized spacial score (nSPS) is 21.9. The van der Waals surface area contributed by atoms with Gasteiger partial charge in [-0.3, -0.25) is 4.99 Å². The molecule has 0 aromatic heterocycles. The number of likely N-dealkylation sites (N-methyl/N-ethyl adjacent to an activating group) is 1. The molecule has 0 aromatic rings. The number of aliphatic imine (C=N–C) groups is 1. The zero-order valence-corrected chi connectivity index (χ0v) is 19.7. The van der Waals surface area contributed by atoms with Crippen LogP contribution in [0.3, 0.4) is 0 Å². The zero-order chi connectivity index (χ0) is 17.9. The van der Waals surface area contributed by atoms with E-state index in [2.05, 4.69) is 40.8 Å². The molecule has 0 amide bonds. The molecule has 1 atom stereocenters. The second kappa shape index (κ2) is 14.0. The molecule has 2 aliphatic rings. The van der Waals surface area contributed by atoms with Gasteiger partial charge in [0.05, 0.1) is 6.54 Å². The highest BCUT2D eigenvalue weighted by molar-refractivity contribution is 14.0. The first-order chi connectivity index (χ1) is 12.3. The van der Waals surface area contributed by atoms with E-state index in [1.54, 1.807) is 0 Å². The van der Waals surface area contributed by atoms with E-state index >= 15 is 0 Å². The Hall–Kier alpha value is -0.0800. The van der Waals surface area contributed by atoms with Gasteiger partial charge in [-0.25, -0.2) is 0 Å². The molecule has 0 saturated carbocycles. The minimum absolute atomic E-state index is 0. The van der Waals surface area contributed by atoms with Crippen LogP contribution in [0.15, 0.2) is 4.99 Å². The molecule has 0 bridgehead atoms. The summed E-state index contributed by atoms with van der Waals surface area (Å²) in [5, 5.41) is 3.52. The van der Waals surface area contributed by atoms with Crippen LogP contribution in [-0.2, 0) is 0 Å². The number of guanidine groups is 1. The molecular weight excluding hydrogens is 437 g/mol. The van der Waals surface area contributed by atoms with Crippen LogP contribution in [0.5, 0.6) is 0 Å². The summed E-state index contributed by atoms with van der Waals surface area (Å²) in [6.07, 6.45) is 6.76. The van der Waals surface area contributed by atoms with E-state index < -0.39 is 0 Å². The van der Waals surface area contributed by atoms with E-state index in [-0.39, 0.29) is 24.0 Å². The van der Waals surface area contributed by atoms with Gasteiger partial charge in [0.25, 0.3) is 0 Å². The Bertz CT molecular complexity index is 384. The predicted molar refractivity (Wildman–Crippen MR) is 124 cm³/mol. The van der Waals surface area contributed by atoms with Gasteiger partial charge >= 0.3 is 0 Å². The van der Waals surface area contributed by atoms with E-state index in [1.165, 1.54) is 64.8 Å². The first-order valence-corrected chi connectivity index (χ1v) is 10.7. The Labute approximate surface area is 179 Å². The summed E-state index contributed by atoms with van der Waals surface area (Å²) in [6.45, 7) is 18.2. The van der Waals surface area contributed by atoms with Crippen LogP contribution in [-0.4, -0.2) is 86.1 Å². The topological polar surface area (TPSA) is 34.1 Å². The summed E-state index contributed by atoms with van der Waals surface area (Å²) in [4.78, 5) is 12.6. The number of hydrogen-bond acceptors (Lipinski definition) is 3. The van der Waals surface area contributed by atoms with Gasteiger partial charge in [-0.05, 0) is 64.7 Å². The third-order valence-corrected chi connectivity index (χ3v) is 5.55. The number of rotatable bonds is 9. The molecule has 2 rings (SSSR count). The van der Waals surface area contributed by atoms with Crippen molar-refractivity contribution in [3.05, 3.63) is 0 Å². The smallest absolute Gasteiger partial charge is 0.193 e. The maximum Gasteiger partial charge on any atom is 0.193 e. The molecule has 0 spiro atoms. The van der Waals surface area contributed by atoms with Gasteiger partial charge in [-0.2, -0.15) is 0 Å². The van der Waals surface area contributed by atoms with Crippen molar-refractivity contribution in [3.63, 3.8) is 0 Å². The predicted octanol–water partition coefficient (Wildman–Crippen LogP) is 3.11. The number of likely N-dealkylation sites (tertiary alicyclic amines) is 2. The zero-order valence-electron chi connectivity index (χ0n) is 17.4. The fourth-order valence-electron chi connectivity index (χ4n) is 4.15. The Morgan fingerprint density at radius 1 is 1.08 bits per heavy atom. The second-order valence-corrected chi connectivity index (χ2v) is 7.63. The summed E-state index contributed by atoms with van der Waals surface area (Å²) >= 11 is 0. The standard InChI is InChI=1S/C20H41N5.HI/c1-4-12-23(6-3)16-11-22-20(21-5-2)25-15-10-19(18-25)17-24-13-8-7-9-14-24;/h19H,4-18H2,1-3H3,(H,21,22);1H. The molecule has 0 aromatic carbocycles. The summed E-state index contributed by atoms with van der Waals surface area (Å²) in [5.74, 6) is 1.95. The van der Waals surface area contributed by atoms with Crippen LogP contribution < -0.4 is 5.32 Å². The fraction of sp³-hybridized carbons (Fsp3) is 0.950. The third-order valence-electron chi connectivity index (χ3n) is 5.55. The molecule has 26 heavy (non-hydrogen) atoms. The van der Waals surface area contributed by atoms with Crippen molar-refractivity contribution < 1.29 is 0 Å². The highest BCUT2D eigenvalue weighted by Crippen LogP contribution is 2.19.